The number of nitrogens with zero attached hydrogens (tertiary/aromatic N) is 2. The molecule has 0 aromatic carbocycles. The van der Waals surface area contributed by atoms with E-state index < -0.39 is 0 Å². The van der Waals surface area contributed by atoms with Crippen molar-refractivity contribution in [1.29, 1.82) is 0 Å². The van der Waals surface area contributed by atoms with Gasteiger partial charge < -0.3 is 10.4 Å². The molecule has 1 rings (SSSR count). The average Bonchev–Trinajstić information content (AvgIpc) is 2.34. The lowest BCUT2D eigenvalue weighted by Gasteiger charge is -2.14. The van der Waals surface area contributed by atoms with Crippen molar-refractivity contribution in [3.05, 3.63) is 17.0 Å². The minimum atomic E-state index is 0.176. The molecule has 0 aliphatic heterocycles. The molecule has 102 valence electrons. The fourth-order valence-electron chi connectivity index (χ4n) is 1.65. The zero-order valence-electron chi connectivity index (χ0n) is 11.7. The maximum atomic E-state index is 9.18. The second-order valence-electron chi connectivity index (χ2n) is 4.38. The quantitative estimate of drug-likeness (QED) is 0.584. The molecule has 18 heavy (non-hydrogen) atoms. The zero-order chi connectivity index (χ0) is 13.5. The van der Waals surface area contributed by atoms with Crippen LogP contribution in [0.25, 0.3) is 0 Å². The Morgan fingerprint density at radius 2 is 1.83 bits per heavy atom. The average molecular weight is 269 g/mol. The fraction of sp³-hybridized carbons (Fsp3) is 0.692. The normalized spacial score (nSPS) is 12.7. The van der Waals surface area contributed by atoms with Crippen LogP contribution in [0, 0.1) is 20.8 Å². The number of aliphatic hydroxyl groups is 1. The van der Waals surface area contributed by atoms with E-state index in [2.05, 4.69) is 15.3 Å². The van der Waals surface area contributed by atoms with Crippen molar-refractivity contribution in [3.63, 3.8) is 0 Å². The lowest BCUT2D eigenvalue weighted by molar-refractivity contribution is 0.242. The summed E-state index contributed by atoms with van der Waals surface area (Å²) in [6.45, 7) is 9.19. The molecule has 1 aromatic rings. The van der Waals surface area contributed by atoms with E-state index in [-0.39, 0.29) is 12.6 Å². The highest BCUT2D eigenvalue weighted by Gasteiger charge is 2.08. The molecule has 0 radical (unpaired) electrons. The lowest BCUT2D eigenvalue weighted by atomic mass is 10.2. The van der Waals surface area contributed by atoms with E-state index in [9.17, 15) is 5.11 Å². The number of aryl methyl sites for hydroxylation is 2. The third kappa shape index (κ3) is 4.55. The second kappa shape index (κ2) is 7.71. The number of hydrogen-bond donors (Lipinski definition) is 2. The Labute approximate surface area is 114 Å². The Bertz CT molecular complexity index is 361. The SMILES string of the molecule is CCNC(CO)CCSc1nc(C)c(C)c(C)n1. The molecule has 0 spiro atoms. The number of hydrogen-bond acceptors (Lipinski definition) is 5. The van der Waals surface area contributed by atoms with Crippen molar-refractivity contribution in [2.45, 2.75) is 45.3 Å². The Hall–Kier alpha value is -0.650. The van der Waals surface area contributed by atoms with E-state index in [1.165, 1.54) is 5.56 Å². The van der Waals surface area contributed by atoms with Gasteiger partial charge in [0.1, 0.15) is 0 Å². The number of aromatic nitrogens is 2. The van der Waals surface area contributed by atoms with E-state index in [1.54, 1.807) is 11.8 Å². The van der Waals surface area contributed by atoms with Crippen LogP contribution in [0.2, 0.25) is 0 Å². The van der Waals surface area contributed by atoms with Gasteiger partial charge in [0.05, 0.1) is 6.61 Å². The molecule has 1 heterocycles. The van der Waals surface area contributed by atoms with Gasteiger partial charge in [-0.1, -0.05) is 18.7 Å². The molecule has 5 heteroatoms. The summed E-state index contributed by atoms with van der Waals surface area (Å²) in [6.07, 6.45) is 0.921. The standard InChI is InChI=1S/C13H23N3OS/c1-5-14-12(8-17)6-7-18-13-15-10(3)9(2)11(4)16-13/h12,14,17H,5-8H2,1-4H3. The van der Waals surface area contributed by atoms with Crippen LogP contribution in [-0.4, -0.2) is 40.0 Å². The zero-order valence-corrected chi connectivity index (χ0v) is 12.5. The summed E-state index contributed by atoms with van der Waals surface area (Å²) in [6, 6.07) is 0.176. The molecule has 0 amide bonds. The molecule has 1 atom stereocenters. The number of nitrogens with one attached hydrogen (secondary N) is 1. The van der Waals surface area contributed by atoms with Crippen molar-refractivity contribution in [1.82, 2.24) is 15.3 Å². The second-order valence-corrected chi connectivity index (χ2v) is 5.44. The predicted octanol–water partition coefficient (Wildman–Crippen LogP) is 1.85. The lowest BCUT2D eigenvalue weighted by Crippen LogP contribution is -2.32. The molecular weight excluding hydrogens is 246 g/mol. The van der Waals surface area contributed by atoms with Gasteiger partial charge in [-0.15, -0.1) is 0 Å². The summed E-state index contributed by atoms with van der Waals surface area (Å²) < 4.78 is 0. The van der Waals surface area contributed by atoms with Crippen LogP contribution < -0.4 is 5.32 Å². The van der Waals surface area contributed by atoms with E-state index >= 15 is 0 Å². The topological polar surface area (TPSA) is 58.0 Å². The molecule has 4 nitrogen and oxygen atoms in total. The highest BCUT2D eigenvalue weighted by Crippen LogP contribution is 2.18. The number of likely N-dealkylation sites (N-methyl/N-ethyl adjacent to an activating group) is 1. The smallest absolute Gasteiger partial charge is 0.187 e. The largest absolute Gasteiger partial charge is 0.395 e. The van der Waals surface area contributed by atoms with Crippen molar-refractivity contribution < 1.29 is 5.11 Å². The summed E-state index contributed by atoms with van der Waals surface area (Å²) in [5.74, 6) is 0.917. The third-order valence-electron chi connectivity index (χ3n) is 3.02. The third-order valence-corrected chi connectivity index (χ3v) is 3.90. The van der Waals surface area contributed by atoms with Gasteiger partial charge in [-0.2, -0.15) is 0 Å². The van der Waals surface area contributed by atoms with Crippen LogP contribution in [0.3, 0.4) is 0 Å². The Morgan fingerprint density at radius 3 is 2.33 bits per heavy atom. The first-order chi connectivity index (χ1) is 8.58. The van der Waals surface area contributed by atoms with E-state index in [0.29, 0.717) is 0 Å². The van der Waals surface area contributed by atoms with Crippen molar-refractivity contribution in [2.24, 2.45) is 0 Å². The maximum absolute atomic E-state index is 9.18. The molecule has 0 saturated heterocycles. The monoisotopic (exact) mass is 269 g/mol. The van der Waals surface area contributed by atoms with Gasteiger partial charge in [-0.3, -0.25) is 0 Å². The van der Waals surface area contributed by atoms with Crippen molar-refractivity contribution in [3.8, 4) is 0 Å². The molecule has 0 aliphatic carbocycles. The summed E-state index contributed by atoms with van der Waals surface area (Å²) in [4.78, 5) is 8.94. The Morgan fingerprint density at radius 1 is 1.22 bits per heavy atom. The van der Waals surface area contributed by atoms with Crippen molar-refractivity contribution in [2.75, 3.05) is 18.9 Å². The van der Waals surface area contributed by atoms with Gasteiger partial charge in [0.25, 0.3) is 0 Å². The van der Waals surface area contributed by atoms with Gasteiger partial charge in [-0.25, -0.2) is 9.97 Å². The van der Waals surface area contributed by atoms with Crippen LogP contribution in [0.15, 0.2) is 5.16 Å². The number of rotatable bonds is 7. The first-order valence-electron chi connectivity index (χ1n) is 6.37. The molecule has 0 saturated carbocycles. The number of thioether (sulfide) groups is 1. The van der Waals surface area contributed by atoms with Gasteiger partial charge in [0.15, 0.2) is 5.16 Å². The van der Waals surface area contributed by atoms with Crippen LogP contribution in [0.4, 0.5) is 0 Å². The Kier molecular flexibility index (Phi) is 6.60. The first kappa shape index (κ1) is 15.4. The molecule has 1 unspecified atom stereocenters. The van der Waals surface area contributed by atoms with Gasteiger partial charge in [0, 0.05) is 23.2 Å². The van der Waals surface area contributed by atoms with E-state index in [0.717, 1.165) is 35.3 Å². The van der Waals surface area contributed by atoms with Crippen LogP contribution >= 0.6 is 11.8 Å². The molecule has 0 fully saturated rings. The van der Waals surface area contributed by atoms with Crippen LogP contribution in [0.5, 0.6) is 0 Å². The molecule has 2 N–H and O–H groups in total. The predicted molar refractivity (Wildman–Crippen MR) is 76.1 cm³/mol. The molecule has 0 aliphatic rings. The summed E-state index contributed by atoms with van der Waals surface area (Å²) in [7, 11) is 0. The first-order valence-corrected chi connectivity index (χ1v) is 7.35. The van der Waals surface area contributed by atoms with E-state index in [4.69, 9.17) is 0 Å². The van der Waals surface area contributed by atoms with E-state index in [1.807, 2.05) is 27.7 Å². The minimum absolute atomic E-state index is 0.176. The van der Waals surface area contributed by atoms with Gasteiger partial charge in [0.2, 0.25) is 0 Å². The molecule has 1 aromatic heterocycles. The summed E-state index contributed by atoms with van der Waals surface area (Å²) in [5.41, 5.74) is 3.27. The number of aliphatic hydroxyl groups excluding tert-OH is 1. The highest BCUT2D eigenvalue weighted by molar-refractivity contribution is 7.99. The minimum Gasteiger partial charge on any atom is -0.395 e. The fourth-order valence-corrected chi connectivity index (χ4v) is 2.63. The van der Waals surface area contributed by atoms with Crippen molar-refractivity contribution >= 4 is 11.8 Å². The summed E-state index contributed by atoms with van der Waals surface area (Å²) >= 11 is 1.65. The van der Waals surface area contributed by atoms with Crippen LogP contribution in [0.1, 0.15) is 30.3 Å². The highest BCUT2D eigenvalue weighted by atomic mass is 32.2. The van der Waals surface area contributed by atoms with Crippen LogP contribution in [-0.2, 0) is 0 Å². The Balaban J connectivity index is 2.48. The summed E-state index contributed by atoms with van der Waals surface area (Å²) in [5, 5.41) is 13.3. The molecular formula is C13H23N3OS. The maximum Gasteiger partial charge on any atom is 0.187 e. The van der Waals surface area contributed by atoms with Gasteiger partial charge >= 0.3 is 0 Å². The van der Waals surface area contributed by atoms with Gasteiger partial charge in [-0.05, 0) is 39.3 Å². The molecule has 0 bridgehead atoms.